The van der Waals surface area contributed by atoms with E-state index in [4.69, 9.17) is 10.2 Å². The van der Waals surface area contributed by atoms with Crippen molar-refractivity contribution >= 4 is 37.2 Å². The fraction of sp³-hybridized carbons (Fsp3) is 0. The van der Waals surface area contributed by atoms with E-state index in [2.05, 4.69) is 25.3 Å². The molecule has 1 aromatic carbocycles. The predicted octanol–water partition coefficient (Wildman–Crippen LogP) is 1.66. The molecule has 1 aromatic rings. The third-order valence-corrected chi connectivity index (χ3v) is 2.72. The molecule has 0 radical (unpaired) electrons. The Morgan fingerprint density at radius 3 is 1.43 bits per heavy atom. The fourth-order valence-electron chi connectivity index (χ4n) is 0.925. The summed E-state index contributed by atoms with van der Waals surface area (Å²) in [4.78, 5) is 21.4. The van der Waals surface area contributed by atoms with E-state index in [1.54, 1.807) is 0 Å². The standard InChI is InChI=1S/C8H6O4S2/c9-7(10)3-1-2-4(8(11)12)6(14)5(3)13/h1-2,13-14H,(H,9,10)(H,11,12). The molecule has 0 aliphatic carbocycles. The Kier molecular flexibility index (Phi) is 3.07. The van der Waals surface area contributed by atoms with E-state index in [1.165, 1.54) is 12.1 Å². The molecule has 0 unspecified atom stereocenters. The lowest BCUT2D eigenvalue weighted by molar-refractivity contribution is 0.0674. The summed E-state index contributed by atoms with van der Waals surface area (Å²) in [7, 11) is 0. The average Bonchev–Trinajstić information content (AvgIpc) is 2.08. The van der Waals surface area contributed by atoms with Gasteiger partial charge in [-0.15, -0.1) is 25.3 Å². The monoisotopic (exact) mass is 230 g/mol. The van der Waals surface area contributed by atoms with Crippen molar-refractivity contribution in [3.05, 3.63) is 23.3 Å². The highest BCUT2D eigenvalue weighted by Crippen LogP contribution is 2.26. The first-order valence-corrected chi connectivity index (χ1v) is 4.36. The molecule has 74 valence electrons. The maximum atomic E-state index is 10.6. The maximum absolute atomic E-state index is 10.6. The van der Waals surface area contributed by atoms with Gasteiger partial charge in [-0.1, -0.05) is 0 Å². The normalized spacial score (nSPS) is 9.86. The van der Waals surface area contributed by atoms with Gasteiger partial charge in [-0.3, -0.25) is 0 Å². The van der Waals surface area contributed by atoms with Crippen molar-refractivity contribution in [3.8, 4) is 0 Å². The lowest BCUT2D eigenvalue weighted by Crippen LogP contribution is -2.04. The lowest BCUT2D eigenvalue weighted by atomic mass is 10.1. The number of rotatable bonds is 2. The van der Waals surface area contributed by atoms with Gasteiger partial charge in [0.15, 0.2) is 0 Å². The number of carboxylic acid groups (broad SMARTS) is 2. The third kappa shape index (κ3) is 1.85. The Bertz CT molecular complexity index is 375. The fourth-order valence-corrected chi connectivity index (χ4v) is 1.51. The highest BCUT2D eigenvalue weighted by molar-refractivity contribution is 7.83. The second kappa shape index (κ2) is 3.93. The maximum Gasteiger partial charge on any atom is 0.336 e. The van der Waals surface area contributed by atoms with Gasteiger partial charge in [0.1, 0.15) is 0 Å². The first kappa shape index (κ1) is 10.9. The first-order valence-electron chi connectivity index (χ1n) is 3.46. The van der Waals surface area contributed by atoms with Crippen molar-refractivity contribution < 1.29 is 19.8 Å². The van der Waals surface area contributed by atoms with Crippen LogP contribution in [0.25, 0.3) is 0 Å². The first-order chi connectivity index (χ1) is 6.45. The van der Waals surface area contributed by atoms with Crippen LogP contribution in [0.4, 0.5) is 0 Å². The summed E-state index contributed by atoms with van der Waals surface area (Å²) in [6.45, 7) is 0. The summed E-state index contributed by atoms with van der Waals surface area (Å²) in [5.41, 5.74) is -0.133. The van der Waals surface area contributed by atoms with Crippen LogP contribution in [-0.4, -0.2) is 22.2 Å². The number of carboxylic acids is 2. The molecule has 0 bridgehead atoms. The van der Waals surface area contributed by atoms with E-state index < -0.39 is 11.9 Å². The van der Waals surface area contributed by atoms with Gasteiger partial charge in [-0.2, -0.15) is 0 Å². The van der Waals surface area contributed by atoms with Gasteiger partial charge in [0.2, 0.25) is 0 Å². The van der Waals surface area contributed by atoms with Crippen molar-refractivity contribution in [2.24, 2.45) is 0 Å². The molecule has 4 nitrogen and oxygen atoms in total. The van der Waals surface area contributed by atoms with Crippen LogP contribution >= 0.6 is 25.3 Å². The Morgan fingerprint density at radius 1 is 0.929 bits per heavy atom. The largest absolute Gasteiger partial charge is 0.478 e. The average molecular weight is 230 g/mol. The molecule has 0 atom stereocenters. The smallest absolute Gasteiger partial charge is 0.336 e. The Morgan fingerprint density at radius 2 is 1.21 bits per heavy atom. The van der Waals surface area contributed by atoms with Crippen LogP contribution in [0.2, 0.25) is 0 Å². The molecule has 0 fully saturated rings. The highest BCUT2D eigenvalue weighted by Gasteiger charge is 2.16. The van der Waals surface area contributed by atoms with Crippen LogP contribution in [0.3, 0.4) is 0 Å². The molecular weight excluding hydrogens is 224 g/mol. The summed E-state index contributed by atoms with van der Waals surface area (Å²) in [6.07, 6.45) is 0. The summed E-state index contributed by atoms with van der Waals surface area (Å²) in [6, 6.07) is 2.38. The van der Waals surface area contributed by atoms with Gasteiger partial charge >= 0.3 is 11.9 Å². The Hall–Kier alpha value is -1.14. The highest BCUT2D eigenvalue weighted by atomic mass is 32.1. The minimum absolute atomic E-state index is 0.0562. The SMILES string of the molecule is O=C(O)c1ccc(C(=O)O)c(S)c1S. The van der Waals surface area contributed by atoms with E-state index >= 15 is 0 Å². The molecule has 0 amide bonds. The Labute approximate surface area is 90.4 Å². The number of benzene rings is 1. The number of carbonyl (C=O) groups is 2. The second-order valence-electron chi connectivity index (χ2n) is 2.47. The van der Waals surface area contributed by atoms with Crippen LogP contribution in [0.5, 0.6) is 0 Å². The van der Waals surface area contributed by atoms with Crippen molar-refractivity contribution in [2.75, 3.05) is 0 Å². The molecule has 0 aromatic heterocycles. The zero-order valence-electron chi connectivity index (χ0n) is 6.76. The molecular formula is C8H6O4S2. The molecule has 0 saturated heterocycles. The molecule has 0 aliphatic heterocycles. The number of hydrogen-bond acceptors (Lipinski definition) is 4. The summed E-state index contributed by atoms with van der Waals surface area (Å²) >= 11 is 7.79. The molecule has 0 heterocycles. The van der Waals surface area contributed by atoms with Gasteiger partial charge in [0, 0.05) is 9.79 Å². The molecule has 1 rings (SSSR count). The predicted molar refractivity (Wildman–Crippen MR) is 54.9 cm³/mol. The van der Waals surface area contributed by atoms with Crippen LogP contribution < -0.4 is 0 Å². The minimum atomic E-state index is -1.16. The van der Waals surface area contributed by atoms with E-state index in [0.717, 1.165) is 0 Å². The van der Waals surface area contributed by atoms with Crippen molar-refractivity contribution in [1.29, 1.82) is 0 Å². The summed E-state index contributed by atoms with van der Waals surface area (Å²) in [5.74, 6) is -2.33. The Balaban J connectivity index is 3.41. The third-order valence-electron chi connectivity index (χ3n) is 1.61. The van der Waals surface area contributed by atoms with E-state index in [1.807, 2.05) is 0 Å². The van der Waals surface area contributed by atoms with Gasteiger partial charge in [-0.25, -0.2) is 9.59 Å². The number of aromatic carboxylic acids is 2. The number of thiol groups is 2. The van der Waals surface area contributed by atoms with Crippen molar-refractivity contribution in [3.63, 3.8) is 0 Å². The summed E-state index contributed by atoms with van der Waals surface area (Å²) < 4.78 is 0. The van der Waals surface area contributed by atoms with Crippen LogP contribution in [0.15, 0.2) is 21.9 Å². The quantitative estimate of drug-likeness (QED) is 0.583. The van der Waals surface area contributed by atoms with Crippen molar-refractivity contribution in [1.82, 2.24) is 0 Å². The van der Waals surface area contributed by atoms with Gasteiger partial charge in [0.25, 0.3) is 0 Å². The molecule has 6 heteroatoms. The molecule has 0 aliphatic rings. The minimum Gasteiger partial charge on any atom is -0.478 e. The summed E-state index contributed by atoms with van der Waals surface area (Å²) in [5, 5.41) is 17.4. The van der Waals surface area contributed by atoms with E-state index in [0.29, 0.717) is 0 Å². The molecule has 0 saturated carbocycles. The topological polar surface area (TPSA) is 74.6 Å². The number of hydrogen-bond donors (Lipinski definition) is 4. The van der Waals surface area contributed by atoms with E-state index in [-0.39, 0.29) is 20.9 Å². The van der Waals surface area contributed by atoms with Gasteiger partial charge in [0.05, 0.1) is 11.1 Å². The van der Waals surface area contributed by atoms with Crippen molar-refractivity contribution in [2.45, 2.75) is 9.79 Å². The second-order valence-corrected chi connectivity index (χ2v) is 3.36. The van der Waals surface area contributed by atoms with Crippen LogP contribution in [0, 0.1) is 0 Å². The zero-order valence-corrected chi connectivity index (χ0v) is 8.55. The van der Waals surface area contributed by atoms with E-state index in [9.17, 15) is 9.59 Å². The molecule has 14 heavy (non-hydrogen) atoms. The van der Waals surface area contributed by atoms with Crippen LogP contribution in [-0.2, 0) is 0 Å². The molecule has 2 N–H and O–H groups in total. The van der Waals surface area contributed by atoms with Crippen LogP contribution in [0.1, 0.15) is 20.7 Å². The van der Waals surface area contributed by atoms with Gasteiger partial charge < -0.3 is 10.2 Å². The zero-order chi connectivity index (χ0) is 10.9. The van der Waals surface area contributed by atoms with Gasteiger partial charge in [-0.05, 0) is 12.1 Å². The molecule has 0 spiro atoms. The lowest BCUT2D eigenvalue weighted by Gasteiger charge is -2.05.